The summed E-state index contributed by atoms with van der Waals surface area (Å²) in [5.74, 6) is -0.0778. The number of hydrogen-bond donors (Lipinski definition) is 2. The minimum Gasteiger partial charge on any atom is -0.323 e. The highest BCUT2D eigenvalue weighted by molar-refractivity contribution is 7.85. The van der Waals surface area contributed by atoms with Gasteiger partial charge in [0.2, 0.25) is 0 Å². The molecule has 0 aliphatic carbocycles. The molecule has 0 aromatic heterocycles. The van der Waals surface area contributed by atoms with E-state index in [2.05, 4.69) is 12.2 Å². The maximum atomic E-state index is 10.5. The zero-order chi connectivity index (χ0) is 19.9. The van der Waals surface area contributed by atoms with Gasteiger partial charge in [-0.05, 0) is 20.5 Å². The van der Waals surface area contributed by atoms with Gasteiger partial charge in [-0.1, -0.05) is 110 Å². The van der Waals surface area contributed by atoms with Gasteiger partial charge in [0.25, 0.3) is 10.1 Å². The van der Waals surface area contributed by atoms with Crippen LogP contribution in [0.5, 0.6) is 0 Å². The van der Waals surface area contributed by atoms with Gasteiger partial charge in [-0.25, -0.2) is 0 Å². The Kier molecular flexibility index (Phi) is 24.7. The first-order chi connectivity index (χ1) is 12.5. The molecule has 0 saturated carbocycles. The largest absolute Gasteiger partial charge is 0.323 e. The Morgan fingerprint density at radius 3 is 1.04 bits per heavy atom. The van der Waals surface area contributed by atoms with Crippen molar-refractivity contribution in [1.29, 1.82) is 0 Å². The second-order valence-corrected chi connectivity index (χ2v) is 9.01. The van der Waals surface area contributed by atoms with Crippen molar-refractivity contribution in [1.82, 2.24) is 5.32 Å². The molecule has 2 N–H and O–H groups in total. The molecule has 0 radical (unpaired) electrons. The molecule has 0 unspecified atom stereocenters. The van der Waals surface area contributed by atoms with E-state index < -0.39 is 10.1 Å². The van der Waals surface area contributed by atoms with E-state index in [1.165, 1.54) is 89.9 Å². The van der Waals surface area contributed by atoms with Gasteiger partial charge in [0.15, 0.2) is 0 Å². The lowest BCUT2D eigenvalue weighted by atomic mass is 10.0. The summed E-state index contributed by atoms with van der Waals surface area (Å²) >= 11 is 0. The van der Waals surface area contributed by atoms with Gasteiger partial charge in [-0.15, -0.1) is 0 Å². The normalized spacial score (nSPS) is 11.2. The summed E-state index contributed by atoms with van der Waals surface area (Å²) < 4.78 is 29.7. The van der Waals surface area contributed by atoms with E-state index in [0.717, 1.165) is 12.8 Å². The second-order valence-electron chi connectivity index (χ2n) is 7.44. The molecular formula is C21H47NO3S. The van der Waals surface area contributed by atoms with Crippen molar-refractivity contribution >= 4 is 10.1 Å². The monoisotopic (exact) mass is 393 g/mol. The van der Waals surface area contributed by atoms with Crippen molar-refractivity contribution in [3.63, 3.8) is 0 Å². The number of hydrogen-bond acceptors (Lipinski definition) is 3. The van der Waals surface area contributed by atoms with Gasteiger partial charge >= 0.3 is 0 Å². The molecule has 5 heteroatoms. The first kappa shape index (κ1) is 28.1. The van der Waals surface area contributed by atoms with Gasteiger partial charge in [-0.3, -0.25) is 4.55 Å². The van der Waals surface area contributed by atoms with Crippen LogP contribution in [0.2, 0.25) is 0 Å². The average molecular weight is 394 g/mol. The Balaban J connectivity index is 0. The summed E-state index contributed by atoms with van der Waals surface area (Å²) in [6.07, 6.45) is 21.8. The third kappa shape index (κ3) is 31.6. The molecule has 0 amide bonds. The lowest BCUT2D eigenvalue weighted by molar-refractivity contribution is 0.478. The highest BCUT2D eigenvalue weighted by Crippen LogP contribution is 2.14. The SMILES string of the molecule is CCCCCCCCCCCCCCCCCCCS(=O)(=O)O.CNC. The number of unbranched alkanes of at least 4 members (excludes halogenated alkanes) is 16. The smallest absolute Gasteiger partial charge is 0.264 e. The predicted molar refractivity (Wildman–Crippen MR) is 116 cm³/mol. The molecule has 0 aromatic carbocycles. The Labute approximate surface area is 164 Å². The topological polar surface area (TPSA) is 66.4 Å². The molecule has 0 saturated heterocycles. The molecule has 4 nitrogen and oxygen atoms in total. The van der Waals surface area contributed by atoms with Gasteiger partial charge < -0.3 is 5.32 Å². The first-order valence-corrected chi connectivity index (χ1v) is 12.6. The Morgan fingerprint density at radius 2 is 0.808 bits per heavy atom. The molecule has 0 aromatic rings. The molecular weight excluding hydrogens is 346 g/mol. The third-order valence-corrected chi connectivity index (χ3v) is 5.31. The van der Waals surface area contributed by atoms with Gasteiger partial charge in [0.05, 0.1) is 5.75 Å². The van der Waals surface area contributed by atoms with E-state index in [4.69, 9.17) is 4.55 Å². The van der Waals surface area contributed by atoms with Crippen LogP contribution in [0.25, 0.3) is 0 Å². The van der Waals surface area contributed by atoms with Gasteiger partial charge in [-0.2, -0.15) is 8.42 Å². The standard InChI is InChI=1S/C19H40O3S.C2H7N/c1-2-3-4-5-6-7-8-9-10-11-12-13-14-15-16-17-18-19-23(20,21)22;1-3-2/h2-19H2,1H3,(H,20,21,22);3H,1-2H3. The number of rotatable bonds is 18. The van der Waals surface area contributed by atoms with Crippen LogP contribution in [0.3, 0.4) is 0 Å². The molecule has 26 heavy (non-hydrogen) atoms. The van der Waals surface area contributed by atoms with Crippen molar-refractivity contribution in [2.45, 2.75) is 116 Å². The van der Waals surface area contributed by atoms with E-state index in [1.807, 2.05) is 14.1 Å². The Morgan fingerprint density at radius 1 is 0.577 bits per heavy atom. The lowest BCUT2D eigenvalue weighted by Gasteiger charge is -2.03. The van der Waals surface area contributed by atoms with E-state index in [1.54, 1.807) is 0 Å². The van der Waals surface area contributed by atoms with Crippen molar-refractivity contribution < 1.29 is 13.0 Å². The van der Waals surface area contributed by atoms with Crippen LogP contribution in [0.1, 0.15) is 116 Å². The summed E-state index contributed by atoms with van der Waals surface area (Å²) in [5.41, 5.74) is 0. The minimum atomic E-state index is -3.74. The molecule has 0 fully saturated rings. The van der Waals surface area contributed by atoms with E-state index in [9.17, 15) is 8.42 Å². The molecule has 0 aliphatic heterocycles. The van der Waals surface area contributed by atoms with Crippen LogP contribution < -0.4 is 5.32 Å². The number of nitrogens with one attached hydrogen (secondary N) is 1. The minimum absolute atomic E-state index is 0.0778. The summed E-state index contributed by atoms with van der Waals surface area (Å²) in [7, 11) is 0.00515. The Bertz CT molecular complexity index is 345. The summed E-state index contributed by atoms with van der Waals surface area (Å²) in [4.78, 5) is 0. The van der Waals surface area contributed by atoms with Crippen LogP contribution in [0.15, 0.2) is 0 Å². The van der Waals surface area contributed by atoms with Crippen LogP contribution in [0, 0.1) is 0 Å². The quantitative estimate of drug-likeness (QED) is 0.210. The first-order valence-electron chi connectivity index (χ1n) is 11.0. The molecule has 0 bridgehead atoms. The van der Waals surface area contributed by atoms with Crippen LogP contribution in [-0.2, 0) is 10.1 Å². The van der Waals surface area contributed by atoms with Crippen molar-refractivity contribution in [3.8, 4) is 0 Å². The summed E-state index contributed by atoms with van der Waals surface area (Å²) in [5, 5.41) is 2.75. The fourth-order valence-corrected chi connectivity index (χ4v) is 3.58. The zero-order valence-electron chi connectivity index (χ0n) is 17.9. The predicted octanol–water partition coefficient (Wildman–Crippen LogP) is 6.36. The summed E-state index contributed by atoms with van der Waals surface area (Å²) in [6.45, 7) is 2.27. The zero-order valence-corrected chi connectivity index (χ0v) is 18.7. The fraction of sp³-hybridized carbons (Fsp3) is 1.00. The van der Waals surface area contributed by atoms with Gasteiger partial charge in [0, 0.05) is 0 Å². The molecule has 160 valence electrons. The average Bonchev–Trinajstić information content (AvgIpc) is 2.57. The van der Waals surface area contributed by atoms with Gasteiger partial charge in [0.1, 0.15) is 0 Å². The molecule has 0 atom stereocenters. The highest BCUT2D eigenvalue weighted by Gasteiger charge is 2.02. The van der Waals surface area contributed by atoms with E-state index in [-0.39, 0.29) is 5.75 Å². The second kappa shape index (κ2) is 22.9. The fourth-order valence-electron chi connectivity index (χ4n) is 3.01. The van der Waals surface area contributed by atoms with Crippen molar-refractivity contribution in [2.75, 3.05) is 19.8 Å². The summed E-state index contributed by atoms with van der Waals surface area (Å²) in [6, 6.07) is 0. The molecule has 0 heterocycles. The van der Waals surface area contributed by atoms with Crippen LogP contribution >= 0.6 is 0 Å². The highest BCUT2D eigenvalue weighted by atomic mass is 32.2. The molecule has 0 spiro atoms. The van der Waals surface area contributed by atoms with Crippen molar-refractivity contribution in [3.05, 3.63) is 0 Å². The van der Waals surface area contributed by atoms with E-state index in [0.29, 0.717) is 6.42 Å². The van der Waals surface area contributed by atoms with E-state index >= 15 is 0 Å². The lowest BCUT2D eigenvalue weighted by Crippen LogP contribution is -2.03. The Hall–Kier alpha value is -0.130. The maximum Gasteiger partial charge on any atom is 0.264 e. The molecule has 0 aliphatic rings. The van der Waals surface area contributed by atoms with Crippen LogP contribution in [0.4, 0.5) is 0 Å². The van der Waals surface area contributed by atoms with Crippen molar-refractivity contribution in [2.24, 2.45) is 0 Å². The maximum absolute atomic E-state index is 10.5. The third-order valence-electron chi connectivity index (χ3n) is 4.51. The molecule has 0 rings (SSSR count). The van der Waals surface area contributed by atoms with Crippen LogP contribution in [-0.4, -0.2) is 32.8 Å².